The standard InChI is InChI=1S/C20H21ClN6O2/c1-22-20(29)15-5-3-14(4-6-15)10-26(2)11-19(28)25-17-9-16(21)7-8-18(17)27-13-23-12-24-27/h3-9,12-13H,10-11H2,1-2H3,(H,22,29)(H,25,28). The van der Waals surface area contributed by atoms with Gasteiger partial charge in [-0.2, -0.15) is 5.10 Å². The lowest BCUT2D eigenvalue weighted by Gasteiger charge is -2.17. The first-order valence-corrected chi connectivity index (χ1v) is 9.28. The Bertz CT molecular complexity index is 989. The number of likely N-dealkylation sites (N-methyl/N-ethyl adjacent to an activating group) is 1. The van der Waals surface area contributed by atoms with Crippen molar-refractivity contribution in [2.45, 2.75) is 6.54 Å². The smallest absolute Gasteiger partial charge is 0.251 e. The highest BCUT2D eigenvalue weighted by molar-refractivity contribution is 6.31. The quantitative estimate of drug-likeness (QED) is 0.621. The molecule has 3 rings (SSSR count). The summed E-state index contributed by atoms with van der Waals surface area (Å²) in [5, 5.41) is 10.1. The van der Waals surface area contributed by atoms with Gasteiger partial charge in [-0.25, -0.2) is 9.67 Å². The third kappa shape index (κ3) is 5.40. The van der Waals surface area contributed by atoms with Crippen LogP contribution in [0.15, 0.2) is 55.1 Å². The highest BCUT2D eigenvalue weighted by atomic mass is 35.5. The van der Waals surface area contributed by atoms with E-state index in [4.69, 9.17) is 11.6 Å². The molecule has 2 aromatic carbocycles. The summed E-state index contributed by atoms with van der Waals surface area (Å²) < 4.78 is 1.56. The predicted octanol–water partition coefficient (Wildman–Crippen LogP) is 2.35. The first-order valence-electron chi connectivity index (χ1n) is 8.90. The molecule has 0 radical (unpaired) electrons. The third-order valence-corrected chi connectivity index (χ3v) is 4.44. The fraction of sp³-hybridized carbons (Fsp3) is 0.200. The Morgan fingerprint density at radius 3 is 2.59 bits per heavy atom. The molecule has 0 fully saturated rings. The molecule has 29 heavy (non-hydrogen) atoms. The van der Waals surface area contributed by atoms with E-state index in [1.807, 2.05) is 24.1 Å². The molecule has 0 unspecified atom stereocenters. The maximum atomic E-state index is 12.5. The molecule has 1 aromatic heterocycles. The molecule has 0 aliphatic rings. The molecule has 2 amide bonds. The summed E-state index contributed by atoms with van der Waals surface area (Å²) in [5.41, 5.74) is 2.82. The van der Waals surface area contributed by atoms with Gasteiger partial charge >= 0.3 is 0 Å². The van der Waals surface area contributed by atoms with Crippen molar-refractivity contribution in [1.29, 1.82) is 0 Å². The number of carbonyl (C=O) groups is 2. The van der Waals surface area contributed by atoms with Crippen molar-refractivity contribution in [2.24, 2.45) is 0 Å². The number of aromatic nitrogens is 3. The lowest BCUT2D eigenvalue weighted by molar-refractivity contribution is -0.117. The Balaban J connectivity index is 1.62. The minimum Gasteiger partial charge on any atom is -0.355 e. The van der Waals surface area contributed by atoms with Gasteiger partial charge in [0.1, 0.15) is 12.7 Å². The van der Waals surface area contributed by atoms with Gasteiger partial charge in [0.25, 0.3) is 5.91 Å². The van der Waals surface area contributed by atoms with Crippen LogP contribution in [0.1, 0.15) is 15.9 Å². The van der Waals surface area contributed by atoms with Gasteiger partial charge in [-0.3, -0.25) is 14.5 Å². The molecule has 0 spiro atoms. The van der Waals surface area contributed by atoms with E-state index in [1.54, 1.807) is 48.4 Å². The minimum atomic E-state index is -0.182. The maximum Gasteiger partial charge on any atom is 0.251 e. The van der Waals surface area contributed by atoms with Crippen LogP contribution in [0.5, 0.6) is 0 Å². The van der Waals surface area contributed by atoms with Gasteiger partial charge < -0.3 is 10.6 Å². The van der Waals surface area contributed by atoms with Crippen LogP contribution in [-0.4, -0.2) is 52.1 Å². The first kappa shape index (κ1) is 20.5. The molecule has 0 saturated heterocycles. The van der Waals surface area contributed by atoms with Crippen LogP contribution in [0.2, 0.25) is 5.02 Å². The number of hydrogen-bond acceptors (Lipinski definition) is 5. The number of carbonyl (C=O) groups excluding carboxylic acids is 2. The highest BCUT2D eigenvalue weighted by Crippen LogP contribution is 2.24. The third-order valence-electron chi connectivity index (χ3n) is 4.21. The summed E-state index contributed by atoms with van der Waals surface area (Å²) in [6.45, 7) is 0.743. The van der Waals surface area contributed by atoms with Crippen LogP contribution < -0.4 is 10.6 Å². The van der Waals surface area contributed by atoms with E-state index in [9.17, 15) is 9.59 Å². The second-order valence-electron chi connectivity index (χ2n) is 6.50. The van der Waals surface area contributed by atoms with Crippen molar-refractivity contribution in [3.05, 3.63) is 71.3 Å². The first-order chi connectivity index (χ1) is 14.0. The van der Waals surface area contributed by atoms with Crippen LogP contribution >= 0.6 is 11.6 Å². The van der Waals surface area contributed by atoms with E-state index in [0.29, 0.717) is 28.5 Å². The van der Waals surface area contributed by atoms with Crippen LogP contribution in [0, 0.1) is 0 Å². The van der Waals surface area contributed by atoms with E-state index < -0.39 is 0 Å². The molecule has 2 N–H and O–H groups in total. The van der Waals surface area contributed by atoms with Gasteiger partial charge in [0.2, 0.25) is 5.91 Å². The summed E-state index contributed by atoms with van der Waals surface area (Å²) in [4.78, 5) is 30.0. The normalized spacial score (nSPS) is 10.8. The number of nitrogens with zero attached hydrogens (tertiary/aromatic N) is 4. The Hall–Kier alpha value is -3.23. The molecule has 150 valence electrons. The number of halogens is 1. The van der Waals surface area contributed by atoms with E-state index in [2.05, 4.69) is 20.7 Å². The molecular formula is C20H21ClN6O2. The lowest BCUT2D eigenvalue weighted by Crippen LogP contribution is -2.30. The van der Waals surface area contributed by atoms with Crippen LogP contribution in [0.25, 0.3) is 5.69 Å². The van der Waals surface area contributed by atoms with Gasteiger partial charge in [0.15, 0.2) is 0 Å². The van der Waals surface area contributed by atoms with Gasteiger partial charge in [-0.1, -0.05) is 23.7 Å². The maximum absolute atomic E-state index is 12.5. The fourth-order valence-corrected chi connectivity index (χ4v) is 3.02. The second kappa shape index (κ2) is 9.31. The van der Waals surface area contributed by atoms with Gasteiger partial charge in [0, 0.05) is 24.2 Å². The molecular weight excluding hydrogens is 392 g/mol. The predicted molar refractivity (Wildman–Crippen MR) is 111 cm³/mol. The van der Waals surface area contributed by atoms with Crippen molar-refractivity contribution in [1.82, 2.24) is 25.0 Å². The zero-order chi connectivity index (χ0) is 20.8. The summed E-state index contributed by atoms with van der Waals surface area (Å²) in [7, 11) is 3.44. The van der Waals surface area contributed by atoms with Gasteiger partial charge in [-0.15, -0.1) is 0 Å². The Morgan fingerprint density at radius 2 is 1.93 bits per heavy atom. The summed E-state index contributed by atoms with van der Waals surface area (Å²) in [5.74, 6) is -0.313. The molecule has 0 bridgehead atoms. The monoisotopic (exact) mass is 412 g/mol. The molecule has 0 saturated carbocycles. The largest absolute Gasteiger partial charge is 0.355 e. The SMILES string of the molecule is CNC(=O)c1ccc(CN(C)CC(=O)Nc2cc(Cl)ccc2-n2cncn2)cc1. The van der Waals surface area contributed by atoms with E-state index in [0.717, 1.165) is 5.56 Å². The van der Waals surface area contributed by atoms with E-state index in [1.165, 1.54) is 6.33 Å². The Labute approximate surface area is 173 Å². The van der Waals surface area contributed by atoms with Crippen molar-refractivity contribution >= 4 is 29.1 Å². The summed E-state index contributed by atoms with van der Waals surface area (Å²) >= 11 is 6.08. The molecule has 9 heteroatoms. The molecule has 0 aliphatic heterocycles. The van der Waals surface area contributed by atoms with Crippen LogP contribution in [0.3, 0.4) is 0 Å². The molecule has 0 aliphatic carbocycles. The topological polar surface area (TPSA) is 92.2 Å². The highest BCUT2D eigenvalue weighted by Gasteiger charge is 2.12. The van der Waals surface area contributed by atoms with Crippen molar-refractivity contribution < 1.29 is 9.59 Å². The van der Waals surface area contributed by atoms with Crippen molar-refractivity contribution in [2.75, 3.05) is 26.0 Å². The zero-order valence-corrected chi connectivity index (χ0v) is 16.8. The number of rotatable bonds is 7. The average molecular weight is 413 g/mol. The number of benzene rings is 2. The number of amides is 2. The zero-order valence-electron chi connectivity index (χ0n) is 16.1. The van der Waals surface area contributed by atoms with Crippen molar-refractivity contribution in [3.63, 3.8) is 0 Å². The summed E-state index contributed by atoms with van der Waals surface area (Å²) in [6, 6.07) is 12.4. The van der Waals surface area contributed by atoms with E-state index >= 15 is 0 Å². The minimum absolute atomic E-state index is 0.131. The second-order valence-corrected chi connectivity index (χ2v) is 6.93. The Morgan fingerprint density at radius 1 is 1.17 bits per heavy atom. The Kier molecular flexibility index (Phi) is 6.58. The number of hydrogen-bond donors (Lipinski definition) is 2. The average Bonchev–Trinajstić information content (AvgIpc) is 3.22. The molecule has 3 aromatic rings. The van der Waals surface area contributed by atoms with Crippen LogP contribution in [0.4, 0.5) is 5.69 Å². The van der Waals surface area contributed by atoms with Gasteiger partial charge in [0.05, 0.1) is 17.9 Å². The lowest BCUT2D eigenvalue weighted by atomic mass is 10.1. The number of anilines is 1. The van der Waals surface area contributed by atoms with Crippen molar-refractivity contribution in [3.8, 4) is 5.69 Å². The molecule has 8 nitrogen and oxygen atoms in total. The summed E-state index contributed by atoms with van der Waals surface area (Å²) in [6.07, 6.45) is 2.97. The molecule has 1 heterocycles. The van der Waals surface area contributed by atoms with Crippen LogP contribution in [-0.2, 0) is 11.3 Å². The number of nitrogens with one attached hydrogen (secondary N) is 2. The fourth-order valence-electron chi connectivity index (χ4n) is 2.85. The van der Waals surface area contributed by atoms with E-state index in [-0.39, 0.29) is 18.4 Å². The molecule has 0 atom stereocenters. The van der Waals surface area contributed by atoms with Gasteiger partial charge in [-0.05, 0) is 42.9 Å².